The minimum absolute atomic E-state index is 0.0655. The molecule has 0 aliphatic heterocycles. The van der Waals surface area contributed by atoms with Crippen molar-refractivity contribution in [2.75, 3.05) is 12.3 Å². The summed E-state index contributed by atoms with van der Waals surface area (Å²) in [5.74, 6) is 1.71. The van der Waals surface area contributed by atoms with Crippen LogP contribution in [-0.2, 0) is 10.5 Å². The van der Waals surface area contributed by atoms with E-state index in [4.69, 9.17) is 23.2 Å². The molecule has 134 valence electrons. The lowest BCUT2D eigenvalue weighted by molar-refractivity contribution is -0.120. The molecule has 0 heterocycles. The number of aryl methyl sites for hydroxylation is 1. The summed E-state index contributed by atoms with van der Waals surface area (Å²) in [6.45, 7) is 4.63. The number of rotatable bonds is 8. The molecule has 2 rings (SSSR count). The summed E-state index contributed by atoms with van der Waals surface area (Å²) in [4.78, 5) is 13.3. The van der Waals surface area contributed by atoms with Gasteiger partial charge >= 0.3 is 0 Å². The van der Waals surface area contributed by atoms with Crippen LogP contribution < -0.4 is 5.32 Å². The maximum absolute atomic E-state index is 12.2. The van der Waals surface area contributed by atoms with Gasteiger partial charge in [-0.2, -0.15) is 11.8 Å². The van der Waals surface area contributed by atoms with E-state index >= 15 is 0 Å². The van der Waals surface area contributed by atoms with Crippen LogP contribution in [0.25, 0.3) is 0 Å². The minimum Gasteiger partial charge on any atom is -0.354 e. The Morgan fingerprint density at radius 2 is 1.88 bits per heavy atom. The van der Waals surface area contributed by atoms with Crippen LogP contribution in [0, 0.1) is 6.92 Å². The molecule has 0 saturated carbocycles. The van der Waals surface area contributed by atoms with E-state index in [9.17, 15) is 4.79 Å². The van der Waals surface area contributed by atoms with E-state index in [0.29, 0.717) is 16.6 Å². The van der Waals surface area contributed by atoms with Gasteiger partial charge in [0.1, 0.15) is 0 Å². The molecule has 1 atom stereocenters. The molecule has 0 fully saturated rings. The molecule has 2 nitrogen and oxygen atoms in total. The van der Waals surface area contributed by atoms with E-state index < -0.39 is 0 Å². The van der Waals surface area contributed by atoms with Crippen LogP contribution in [0.3, 0.4) is 0 Å². The zero-order valence-electron chi connectivity index (χ0n) is 14.2. The van der Waals surface area contributed by atoms with E-state index in [1.807, 2.05) is 19.1 Å². The maximum Gasteiger partial charge on any atom is 0.233 e. The third-order valence-electron chi connectivity index (χ3n) is 3.52. The van der Waals surface area contributed by atoms with Gasteiger partial charge in [0.2, 0.25) is 5.91 Å². The second kappa shape index (κ2) is 10.4. The van der Waals surface area contributed by atoms with Crippen molar-refractivity contribution in [3.05, 3.63) is 63.6 Å². The average molecular weight is 414 g/mol. The van der Waals surface area contributed by atoms with Crippen molar-refractivity contribution in [2.24, 2.45) is 0 Å². The van der Waals surface area contributed by atoms with Gasteiger partial charge < -0.3 is 5.32 Å². The van der Waals surface area contributed by atoms with Gasteiger partial charge in [0.15, 0.2) is 0 Å². The van der Waals surface area contributed by atoms with Crippen LogP contribution in [0.15, 0.2) is 47.4 Å². The van der Waals surface area contributed by atoms with Gasteiger partial charge in [-0.3, -0.25) is 4.79 Å². The summed E-state index contributed by atoms with van der Waals surface area (Å²) < 4.78 is 0. The van der Waals surface area contributed by atoms with E-state index in [1.54, 1.807) is 29.6 Å². The van der Waals surface area contributed by atoms with E-state index in [2.05, 4.69) is 36.5 Å². The fraction of sp³-hybridized carbons (Fsp3) is 0.316. The fourth-order valence-electron chi connectivity index (χ4n) is 2.09. The molecule has 0 saturated heterocycles. The largest absolute Gasteiger partial charge is 0.354 e. The van der Waals surface area contributed by atoms with Crippen LogP contribution in [0.2, 0.25) is 10.0 Å². The third-order valence-corrected chi connectivity index (χ3v) is 6.23. The summed E-state index contributed by atoms with van der Waals surface area (Å²) in [7, 11) is 0. The number of benzene rings is 2. The second-order valence-electron chi connectivity index (χ2n) is 5.65. The molecule has 0 aliphatic carbocycles. The summed E-state index contributed by atoms with van der Waals surface area (Å²) in [5, 5.41) is 4.21. The summed E-state index contributed by atoms with van der Waals surface area (Å²) in [6.07, 6.45) is 0. The highest BCUT2D eigenvalue weighted by atomic mass is 35.5. The summed E-state index contributed by atoms with van der Waals surface area (Å²) in [5.41, 5.74) is 2.28. The number of thioether (sulfide) groups is 2. The van der Waals surface area contributed by atoms with Gasteiger partial charge in [0.05, 0.1) is 5.25 Å². The first kappa shape index (κ1) is 20.5. The fourth-order valence-corrected chi connectivity index (χ4v) is 4.39. The molecule has 0 bridgehead atoms. The number of halogens is 2. The zero-order chi connectivity index (χ0) is 18.2. The molecular formula is C19H21Cl2NOS2. The van der Waals surface area contributed by atoms with Gasteiger partial charge in [-0.05, 0) is 43.7 Å². The molecule has 6 heteroatoms. The monoisotopic (exact) mass is 413 g/mol. The van der Waals surface area contributed by atoms with Crippen molar-refractivity contribution in [1.29, 1.82) is 0 Å². The molecular weight excluding hydrogens is 393 g/mol. The first-order chi connectivity index (χ1) is 12.0. The lowest BCUT2D eigenvalue weighted by Gasteiger charge is -2.12. The standard InChI is InChI=1S/C19H21Cl2NOS2/c1-13-3-7-17(8-4-13)25-14(2)19(23)22-9-10-24-12-15-5-6-16(20)11-18(15)21/h3-8,11,14H,9-10,12H2,1-2H3,(H,22,23). The second-order valence-corrected chi connectivity index (χ2v) is 9.02. The smallest absolute Gasteiger partial charge is 0.233 e. The van der Waals surface area contributed by atoms with Gasteiger partial charge in [-0.1, -0.05) is 47.0 Å². The molecule has 0 radical (unpaired) electrons. The quantitative estimate of drug-likeness (QED) is 0.435. The molecule has 0 spiro atoms. The van der Waals surface area contributed by atoms with Crippen molar-refractivity contribution in [1.82, 2.24) is 5.32 Å². The number of nitrogens with one attached hydrogen (secondary N) is 1. The van der Waals surface area contributed by atoms with Gasteiger partial charge in [0.25, 0.3) is 0 Å². The van der Waals surface area contributed by atoms with Gasteiger partial charge in [0, 0.05) is 33.0 Å². The van der Waals surface area contributed by atoms with Crippen LogP contribution in [0.4, 0.5) is 0 Å². The Kier molecular flexibility index (Phi) is 8.50. The highest BCUT2D eigenvalue weighted by molar-refractivity contribution is 8.00. The Bertz CT molecular complexity index is 707. The van der Waals surface area contributed by atoms with Crippen LogP contribution in [0.5, 0.6) is 0 Å². The Morgan fingerprint density at radius 1 is 1.16 bits per heavy atom. The topological polar surface area (TPSA) is 29.1 Å². The van der Waals surface area contributed by atoms with Crippen LogP contribution in [0.1, 0.15) is 18.1 Å². The molecule has 1 amide bonds. The number of hydrogen-bond donors (Lipinski definition) is 1. The molecule has 0 aromatic heterocycles. The first-order valence-corrected chi connectivity index (χ1v) is 10.8. The van der Waals surface area contributed by atoms with E-state index in [1.165, 1.54) is 5.56 Å². The minimum atomic E-state index is -0.113. The molecule has 2 aromatic carbocycles. The van der Waals surface area contributed by atoms with Crippen LogP contribution >= 0.6 is 46.7 Å². The Morgan fingerprint density at radius 3 is 2.56 bits per heavy atom. The van der Waals surface area contributed by atoms with Crippen molar-refractivity contribution >= 4 is 52.6 Å². The molecule has 2 aromatic rings. The van der Waals surface area contributed by atoms with Gasteiger partial charge in [-0.15, -0.1) is 11.8 Å². The third kappa shape index (κ3) is 7.14. The maximum atomic E-state index is 12.2. The van der Waals surface area contributed by atoms with E-state index in [0.717, 1.165) is 22.0 Å². The Hall–Kier alpha value is -0.810. The predicted octanol–water partition coefficient (Wildman–Crippen LogP) is 5.83. The molecule has 25 heavy (non-hydrogen) atoms. The number of carbonyl (C=O) groups excluding carboxylic acids is 1. The molecule has 1 unspecified atom stereocenters. The molecule has 0 aliphatic rings. The summed E-state index contributed by atoms with van der Waals surface area (Å²) in [6, 6.07) is 13.8. The van der Waals surface area contributed by atoms with Crippen molar-refractivity contribution in [2.45, 2.75) is 29.7 Å². The Balaban J connectivity index is 1.66. The molecule has 1 N–H and O–H groups in total. The first-order valence-electron chi connectivity index (χ1n) is 7.98. The van der Waals surface area contributed by atoms with Crippen LogP contribution in [-0.4, -0.2) is 23.5 Å². The predicted molar refractivity (Wildman–Crippen MR) is 112 cm³/mol. The lowest BCUT2D eigenvalue weighted by atomic mass is 10.2. The van der Waals surface area contributed by atoms with Crippen molar-refractivity contribution in [3.8, 4) is 0 Å². The number of amides is 1. The zero-order valence-corrected chi connectivity index (χ0v) is 17.4. The normalized spacial score (nSPS) is 12.0. The van der Waals surface area contributed by atoms with Gasteiger partial charge in [-0.25, -0.2) is 0 Å². The number of hydrogen-bond acceptors (Lipinski definition) is 3. The average Bonchev–Trinajstić information content (AvgIpc) is 2.58. The van der Waals surface area contributed by atoms with Crippen molar-refractivity contribution in [3.63, 3.8) is 0 Å². The SMILES string of the molecule is Cc1ccc(SC(C)C(=O)NCCSCc2ccc(Cl)cc2Cl)cc1. The number of carbonyl (C=O) groups is 1. The van der Waals surface area contributed by atoms with Crippen molar-refractivity contribution < 1.29 is 4.79 Å². The van der Waals surface area contributed by atoms with E-state index in [-0.39, 0.29) is 11.2 Å². The Labute approximate surface area is 168 Å². The lowest BCUT2D eigenvalue weighted by Crippen LogP contribution is -2.32. The highest BCUT2D eigenvalue weighted by Crippen LogP contribution is 2.25. The highest BCUT2D eigenvalue weighted by Gasteiger charge is 2.13. The summed E-state index contributed by atoms with van der Waals surface area (Å²) >= 11 is 15.4.